The summed E-state index contributed by atoms with van der Waals surface area (Å²) in [6.45, 7) is 3.97. The molecule has 0 unspecified atom stereocenters. The molecule has 1 aromatic rings. The van der Waals surface area contributed by atoms with Crippen molar-refractivity contribution < 1.29 is 14.3 Å². The van der Waals surface area contributed by atoms with Crippen LogP contribution in [0.25, 0.3) is 0 Å². The maximum Gasteiger partial charge on any atom is 0.308 e. The van der Waals surface area contributed by atoms with Gasteiger partial charge in [0.05, 0.1) is 0 Å². The Morgan fingerprint density at radius 2 is 2.00 bits per heavy atom. The molecule has 3 rings (SSSR count). The minimum atomic E-state index is -0.288. The van der Waals surface area contributed by atoms with Gasteiger partial charge in [0, 0.05) is 26.4 Å². The second-order valence-corrected chi connectivity index (χ2v) is 6.11. The van der Waals surface area contributed by atoms with E-state index in [1.165, 1.54) is 24.5 Å². The van der Waals surface area contributed by atoms with Gasteiger partial charge >= 0.3 is 5.97 Å². The van der Waals surface area contributed by atoms with Crippen molar-refractivity contribution in [1.82, 2.24) is 4.90 Å². The molecule has 4 nitrogen and oxygen atoms in total. The lowest BCUT2D eigenvalue weighted by Gasteiger charge is -2.44. The van der Waals surface area contributed by atoms with Crippen LogP contribution in [0.5, 0.6) is 5.75 Å². The van der Waals surface area contributed by atoms with Crippen LogP contribution in [0.3, 0.4) is 0 Å². The van der Waals surface area contributed by atoms with Crippen molar-refractivity contribution in [2.45, 2.75) is 45.6 Å². The zero-order valence-electron chi connectivity index (χ0n) is 12.6. The van der Waals surface area contributed by atoms with Gasteiger partial charge in [-0.2, -0.15) is 0 Å². The number of amides is 1. The van der Waals surface area contributed by atoms with E-state index >= 15 is 0 Å². The SMILES string of the molecule is CC(=O)Oc1ccc2c(c1)C[C@H]1CCCN(C(C)=O)[C@@H]1C2. The van der Waals surface area contributed by atoms with Gasteiger partial charge in [-0.25, -0.2) is 0 Å². The maximum atomic E-state index is 11.8. The number of esters is 1. The molecule has 0 aromatic heterocycles. The van der Waals surface area contributed by atoms with E-state index in [4.69, 9.17) is 4.74 Å². The first-order valence-electron chi connectivity index (χ1n) is 7.62. The van der Waals surface area contributed by atoms with Crippen molar-refractivity contribution in [2.24, 2.45) is 5.92 Å². The third-order valence-corrected chi connectivity index (χ3v) is 4.67. The summed E-state index contributed by atoms with van der Waals surface area (Å²) in [6, 6.07) is 6.21. The van der Waals surface area contributed by atoms with Crippen LogP contribution in [0.15, 0.2) is 18.2 Å². The van der Waals surface area contributed by atoms with Gasteiger partial charge in [-0.15, -0.1) is 0 Å². The summed E-state index contributed by atoms with van der Waals surface area (Å²) in [5.41, 5.74) is 2.54. The molecule has 1 aromatic carbocycles. The third-order valence-electron chi connectivity index (χ3n) is 4.67. The fraction of sp³-hybridized carbons (Fsp3) is 0.529. The lowest BCUT2D eigenvalue weighted by Crippen LogP contribution is -2.51. The molecule has 2 atom stereocenters. The highest BCUT2D eigenvalue weighted by atomic mass is 16.5. The number of rotatable bonds is 1. The number of piperidine rings is 1. The Labute approximate surface area is 125 Å². The molecule has 4 heteroatoms. The Bertz CT molecular complexity index is 581. The molecule has 1 amide bonds. The first kappa shape index (κ1) is 14.1. The van der Waals surface area contributed by atoms with E-state index in [1.807, 2.05) is 23.1 Å². The van der Waals surface area contributed by atoms with Gasteiger partial charge in [0.2, 0.25) is 5.91 Å². The van der Waals surface area contributed by atoms with Crippen LogP contribution in [0.4, 0.5) is 0 Å². The third kappa shape index (κ3) is 2.80. The number of hydrogen-bond donors (Lipinski definition) is 0. The van der Waals surface area contributed by atoms with Crippen LogP contribution in [0.1, 0.15) is 37.8 Å². The van der Waals surface area contributed by atoms with E-state index in [1.54, 1.807) is 6.92 Å². The Hall–Kier alpha value is -1.84. The first-order chi connectivity index (χ1) is 10.0. The number of carbonyl (C=O) groups is 2. The Morgan fingerprint density at radius 3 is 2.71 bits per heavy atom. The van der Waals surface area contributed by atoms with E-state index < -0.39 is 0 Å². The summed E-state index contributed by atoms with van der Waals surface area (Å²) in [4.78, 5) is 24.9. The lowest BCUT2D eigenvalue weighted by atomic mass is 9.75. The standard InChI is InChI=1S/C17H21NO3/c1-11(19)18-7-3-4-14-8-15-9-16(21-12(2)20)6-5-13(15)10-17(14)18/h5-6,9,14,17H,3-4,7-8,10H2,1-2H3/t14-,17-/m1/s1. The number of fused-ring (bicyclic) bond motifs is 2. The van der Waals surface area contributed by atoms with Crippen molar-refractivity contribution in [3.63, 3.8) is 0 Å². The molecular formula is C17H21NO3. The Kier molecular flexibility index (Phi) is 3.70. The molecule has 1 aliphatic carbocycles. The van der Waals surface area contributed by atoms with E-state index in [0.29, 0.717) is 17.7 Å². The molecule has 0 saturated carbocycles. The minimum Gasteiger partial charge on any atom is -0.427 e. The van der Waals surface area contributed by atoms with E-state index in [-0.39, 0.29) is 11.9 Å². The molecular weight excluding hydrogens is 266 g/mol. The van der Waals surface area contributed by atoms with Gasteiger partial charge < -0.3 is 9.64 Å². The number of nitrogens with zero attached hydrogens (tertiary/aromatic N) is 1. The average Bonchev–Trinajstić information content (AvgIpc) is 2.43. The minimum absolute atomic E-state index is 0.185. The highest BCUT2D eigenvalue weighted by Crippen LogP contribution is 2.36. The van der Waals surface area contributed by atoms with Crippen molar-refractivity contribution in [1.29, 1.82) is 0 Å². The monoisotopic (exact) mass is 287 g/mol. The fourth-order valence-electron chi connectivity index (χ4n) is 3.77. The highest BCUT2D eigenvalue weighted by Gasteiger charge is 2.36. The molecule has 0 spiro atoms. The average molecular weight is 287 g/mol. The normalized spacial score (nSPS) is 24.0. The summed E-state index contributed by atoms with van der Waals surface area (Å²) < 4.78 is 5.17. The fourth-order valence-corrected chi connectivity index (χ4v) is 3.77. The highest BCUT2D eigenvalue weighted by molar-refractivity contribution is 5.74. The van der Waals surface area contributed by atoms with Gasteiger partial charge in [-0.1, -0.05) is 6.07 Å². The van der Waals surface area contributed by atoms with E-state index in [9.17, 15) is 9.59 Å². The summed E-state index contributed by atoms with van der Waals surface area (Å²) in [5, 5.41) is 0. The number of likely N-dealkylation sites (tertiary alicyclic amines) is 1. The van der Waals surface area contributed by atoms with Crippen LogP contribution in [-0.4, -0.2) is 29.4 Å². The predicted molar refractivity (Wildman–Crippen MR) is 79.1 cm³/mol. The zero-order valence-corrected chi connectivity index (χ0v) is 12.6. The summed E-state index contributed by atoms with van der Waals surface area (Å²) in [6.07, 6.45) is 4.14. The molecule has 1 fully saturated rings. The van der Waals surface area contributed by atoms with Crippen LogP contribution in [0.2, 0.25) is 0 Å². The largest absolute Gasteiger partial charge is 0.427 e. The van der Waals surface area contributed by atoms with Gasteiger partial charge in [-0.05, 0) is 54.9 Å². The topological polar surface area (TPSA) is 46.6 Å². The smallest absolute Gasteiger partial charge is 0.308 e. The second-order valence-electron chi connectivity index (χ2n) is 6.11. The lowest BCUT2D eigenvalue weighted by molar-refractivity contribution is -0.134. The molecule has 0 N–H and O–H groups in total. The second kappa shape index (κ2) is 5.51. The van der Waals surface area contributed by atoms with E-state index in [2.05, 4.69) is 0 Å². The molecule has 2 aliphatic rings. The van der Waals surface area contributed by atoms with Gasteiger partial charge in [0.1, 0.15) is 5.75 Å². The molecule has 112 valence electrons. The number of hydrogen-bond acceptors (Lipinski definition) is 3. The Balaban J connectivity index is 1.86. The molecule has 1 heterocycles. The van der Waals surface area contributed by atoms with Gasteiger partial charge in [-0.3, -0.25) is 9.59 Å². The van der Waals surface area contributed by atoms with Crippen LogP contribution >= 0.6 is 0 Å². The van der Waals surface area contributed by atoms with Crippen LogP contribution in [-0.2, 0) is 22.4 Å². The number of benzene rings is 1. The molecule has 1 aliphatic heterocycles. The summed E-state index contributed by atoms with van der Waals surface area (Å²) in [7, 11) is 0. The summed E-state index contributed by atoms with van der Waals surface area (Å²) >= 11 is 0. The molecule has 0 bridgehead atoms. The van der Waals surface area contributed by atoms with Crippen molar-refractivity contribution in [3.05, 3.63) is 29.3 Å². The van der Waals surface area contributed by atoms with Crippen LogP contribution < -0.4 is 4.74 Å². The van der Waals surface area contributed by atoms with Gasteiger partial charge in [0.15, 0.2) is 0 Å². The van der Waals surface area contributed by atoms with E-state index in [0.717, 1.165) is 25.8 Å². The molecule has 0 radical (unpaired) electrons. The predicted octanol–water partition coefficient (Wildman–Crippen LogP) is 2.34. The van der Waals surface area contributed by atoms with Crippen molar-refractivity contribution in [3.8, 4) is 5.75 Å². The zero-order chi connectivity index (χ0) is 15.0. The molecule has 1 saturated heterocycles. The van der Waals surface area contributed by atoms with Crippen LogP contribution in [0, 0.1) is 5.92 Å². The number of carbonyl (C=O) groups excluding carboxylic acids is 2. The quantitative estimate of drug-likeness (QED) is 0.588. The van der Waals surface area contributed by atoms with Crippen molar-refractivity contribution in [2.75, 3.05) is 6.54 Å². The number of ether oxygens (including phenoxy) is 1. The van der Waals surface area contributed by atoms with Crippen molar-refractivity contribution >= 4 is 11.9 Å². The van der Waals surface area contributed by atoms with Gasteiger partial charge in [0.25, 0.3) is 0 Å². The summed E-state index contributed by atoms with van der Waals surface area (Å²) in [5.74, 6) is 1.05. The molecule has 21 heavy (non-hydrogen) atoms. The maximum absolute atomic E-state index is 11.8. The Morgan fingerprint density at radius 1 is 1.19 bits per heavy atom. The first-order valence-corrected chi connectivity index (χ1v) is 7.62.